The van der Waals surface area contributed by atoms with Gasteiger partial charge in [-0.1, -0.05) is 20.8 Å². The first-order valence-corrected chi connectivity index (χ1v) is 7.30. The Morgan fingerprint density at radius 2 is 2.05 bits per heavy atom. The Labute approximate surface area is 124 Å². The number of aromatic nitrogens is 1. The molecule has 0 aromatic carbocycles. The van der Waals surface area contributed by atoms with Gasteiger partial charge >= 0.3 is 6.18 Å². The van der Waals surface area contributed by atoms with Crippen LogP contribution in [0.15, 0.2) is 6.20 Å². The van der Waals surface area contributed by atoms with E-state index >= 15 is 0 Å². The number of hydrogen-bond donors (Lipinski definition) is 1. The minimum absolute atomic E-state index is 0.113. The Kier molecular flexibility index (Phi) is 3.82. The van der Waals surface area contributed by atoms with Crippen molar-refractivity contribution in [3.05, 3.63) is 16.1 Å². The number of carbonyl (C=O) groups excluding carboxylic acids is 1. The molecule has 1 amide bonds. The lowest BCUT2D eigenvalue weighted by Crippen LogP contribution is -2.48. The highest BCUT2D eigenvalue weighted by Crippen LogP contribution is 2.38. The van der Waals surface area contributed by atoms with E-state index in [0.717, 1.165) is 9.91 Å². The highest BCUT2D eigenvalue weighted by molar-refractivity contribution is 7.13. The molecule has 8 heteroatoms. The maximum absolute atomic E-state index is 12.7. The van der Waals surface area contributed by atoms with E-state index in [1.165, 1.54) is 17.5 Å². The molecule has 4 nitrogen and oxygen atoms in total. The van der Waals surface area contributed by atoms with Crippen molar-refractivity contribution in [2.45, 2.75) is 44.4 Å². The standard InChI is InChI=1S/C13H17F3N2O2S/c1-11(2,3)10-17-6-8(21-10)9(19)18-5-4-12(20,7-18)13(14,15)16/h6,20H,4-5,7H2,1-3H3. The molecule has 1 unspecified atom stereocenters. The van der Waals surface area contributed by atoms with Crippen LogP contribution in [0.4, 0.5) is 13.2 Å². The predicted molar refractivity (Wildman–Crippen MR) is 72.3 cm³/mol. The Balaban J connectivity index is 2.14. The predicted octanol–water partition coefficient (Wildman–Crippen LogP) is 2.58. The number of nitrogens with zero attached hydrogens (tertiary/aromatic N) is 2. The van der Waals surface area contributed by atoms with Crippen molar-refractivity contribution in [3.8, 4) is 0 Å². The van der Waals surface area contributed by atoms with Gasteiger partial charge in [-0.05, 0) is 0 Å². The van der Waals surface area contributed by atoms with Crippen molar-refractivity contribution in [1.29, 1.82) is 0 Å². The molecule has 1 aliphatic rings. The summed E-state index contributed by atoms with van der Waals surface area (Å²) in [6.07, 6.45) is -3.84. The van der Waals surface area contributed by atoms with E-state index in [9.17, 15) is 23.1 Å². The number of alkyl halides is 3. The minimum atomic E-state index is -4.73. The van der Waals surface area contributed by atoms with E-state index in [4.69, 9.17) is 0 Å². The van der Waals surface area contributed by atoms with Crippen LogP contribution in [0.25, 0.3) is 0 Å². The average molecular weight is 322 g/mol. The van der Waals surface area contributed by atoms with Crippen LogP contribution in [-0.4, -0.2) is 45.8 Å². The molecule has 0 bridgehead atoms. The van der Waals surface area contributed by atoms with E-state index in [2.05, 4.69) is 4.98 Å². The number of aliphatic hydroxyl groups is 1. The molecule has 1 atom stereocenters. The van der Waals surface area contributed by atoms with E-state index in [1.54, 1.807) is 0 Å². The Morgan fingerprint density at radius 1 is 1.43 bits per heavy atom. The van der Waals surface area contributed by atoms with Crippen LogP contribution in [0.5, 0.6) is 0 Å². The lowest BCUT2D eigenvalue weighted by molar-refractivity contribution is -0.253. The summed E-state index contributed by atoms with van der Waals surface area (Å²) in [7, 11) is 0. The second-order valence-corrected chi connectivity index (χ2v) is 7.32. The monoisotopic (exact) mass is 322 g/mol. The third-order valence-corrected chi connectivity index (χ3v) is 4.83. The summed E-state index contributed by atoms with van der Waals surface area (Å²) in [6, 6.07) is 0. The summed E-state index contributed by atoms with van der Waals surface area (Å²) >= 11 is 1.18. The van der Waals surface area contributed by atoms with Crippen molar-refractivity contribution >= 4 is 17.2 Å². The fourth-order valence-electron chi connectivity index (χ4n) is 2.07. The third kappa shape index (κ3) is 3.06. The van der Waals surface area contributed by atoms with Gasteiger partial charge in [0.05, 0.1) is 17.7 Å². The van der Waals surface area contributed by atoms with E-state index < -0.39 is 30.7 Å². The fourth-order valence-corrected chi connectivity index (χ4v) is 3.02. The number of hydrogen-bond acceptors (Lipinski definition) is 4. The second kappa shape index (κ2) is 4.95. The first kappa shape index (κ1) is 16.2. The number of likely N-dealkylation sites (tertiary alicyclic amines) is 1. The molecule has 0 aliphatic carbocycles. The first-order valence-electron chi connectivity index (χ1n) is 6.49. The van der Waals surface area contributed by atoms with Crippen LogP contribution in [0.1, 0.15) is 41.9 Å². The average Bonchev–Trinajstić information content (AvgIpc) is 2.93. The SMILES string of the molecule is CC(C)(C)c1ncc(C(=O)N2CCC(O)(C(F)(F)F)C2)s1. The van der Waals surface area contributed by atoms with Crippen LogP contribution >= 0.6 is 11.3 Å². The first-order chi connectivity index (χ1) is 9.44. The van der Waals surface area contributed by atoms with E-state index in [-0.39, 0.29) is 12.0 Å². The van der Waals surface area contributed by atoms with Gasteiger partial charge in [-0.2, -0.15) is 13.2 Å². The van der Waals surface area contributed by atoms with Crippen molar-refractivity contribution in [2.24, 2.45) is 0 Å². The molecule has 2 rings (SSSR count). The zero-order valence-electron chi connectivity index (χ0n) is 12.0. The molecule has 0 radical (unpaired) electrons. The van der Waals surface area contributed by atoms with E-state index in [0.29, 0.717) is 4.88 Å². The number of halogens is 3. The largest absolute Gasteiger partial charge is 0.419 e. The van der Waals surface area contributed by atoms with Crippen LogP contribution in [0, 0.1) is 0 Å². The van der Waals surface area contributed by atoms with Crippen LogP contribution < -0.4 is 0 Å². The molecular formula is C13H17F3N2O2S. The second-order valence-electron chi connectivity index (χ2n) is 6.29. The molecule has 1 aromatic heterocycles. The molecule has 1 aromatic rings. The fraction of sp³-hybridized carbons (Fsp3) is 0.692. The lowest BCUT2D eigenvalue weighted by atomic mass is 9.98. The zero-order valence-corrected chi connectivity index (χ0v) is 12.8. The lowest BCUT2D eigenvalue weighted by Gasteiger charge is -2.25. The summed E-state index contributed by atoms with van der Waals surface area (Å²) in [5.74, 6) is -0.511. The van der Waals surface area contributed by atoms with Crippen molar-refractivity contribution < 1.29 is 23.1 Å². The third-order valence-electron chi connectivity index (χ3n) is 3.42. The number of thiazole rings is 1. The Bertz CT molecular complexity index is 550. The number of carbonyl (C=O) groups is 1. The number of rotatable bonds is 1. The molecule has 1 N–H and O–H groups in total. The maximum Gasteiger partial charge on any atom is 0.419 e. The number of β-amino-alcohol motifs (C(OH)–C–C–N with tert-alkyl or cyclic N) is 1. The molecule has 1 saturated heterocycles. The van der Waals surface area contributed by atoms with Crippen molar-refractivity contribution in [1.82, 2.24) is 9.88 Å². The summed E-state index contributed by atoms with van der Waals surface area (Å²) < 4.78 is 38.2. The maximum atomic E-state index is 12.7. The molecular weight excluding hydrogens is 305 g/mol. The van der Waals surface area contributed by atoms with Crippen LogP contribution in [0.3, 0.4) is 0 Å². The molecule has 21 heavy (non-hydrogen) atoms. The van der Waals surface area contributed by atoms with Gasteiger partial charge in [0.2, 0.25) is 0 Å². The van der Waals surface area contributed by atoms with Gasteiger partial charge in [-0.25, -0.2) is 4.98 Å². The Hall–Kier alpha value is -1.15. The molecule has 0 spiro atoms. The normalized spacial score (nSPS) is 23.7. The molecule has 0 saturated carbocycles. The summed E-state index contributed by atoms with van der Waals surface area (Å²) in [5, 5.41) is 10.3. The van der Waals surface area contributed by atoms with Crippen molar-refractivity contribution in [2.75, 3.05) is 13.1 Å². The number of amides is 1. The van der Waals surface area contributed by atoms with Crippen LogP contribution in [0.2, 0.25) is 0 Å². The minimum Gasteiger partial charge on any atom is -0.379 e. The van der Waals surface area contributed by atoms with E-state index in [1.807, 2.05) is 20.8 Å². The van der Waals surface area contributed by atoms with Gasteiger partial charge in [-0.3, -0.25) is 4.79 Å². The van der Waals surface area contributed by atoms with Crippen molar-refractivity contribution in [3.63, 3.8) is 0 Å². The smallest absolute Gasteiger partial charge is 0.379 e. The topological polar surface area (TPSA) is 53.4 Å². The zero-order chi connectivity index (χ0) is 16.1. The van der Waals surface area contributed by atoms with Gasteiger partial charge in [0.1, 0.15) is 4.88 Å². The van der Waals surface area contributed by atoms with Gasteiger partial charge < -0.3 is 10.0 Å². The van der Waals surface area contributed by atoms with Crippen LogP contribution in [-0.2, 0) is 5.41 Å². The quantitative estimate of drug-likeness (QED) is 0.864. The highest BCUT2D eigenvalue weighted by Gasteiger charge is 2.57. The molecule has 118 valence electrons. The van der Waals surface area contributed by atoms with Gasteiger partial charge in [0.25, 0.3) is 5.91 Å². The van der Waals surface area contributed by atoms with Gasteiger partial charge in [0, 0.05) is 18.4 Å². The van der Waals surface area contributed by atoms with Gasteiger partial charge in [0.15, 0.2) is 5.60 Å². The summed E-state index contributed by atoms with van der Waals surface area (Å²) in [4.78, 5) is 17.7. The Morgan fingerprint density at radius 3 is 2.48 bits per heavy atom. The van der Waals surface area contributed by atoms with Gasteiger partial charge in [-0.15, -0.1) is 11.3 Å². The molecule has 1 aliphatic heterocycles. The summed E-state index contributed by atoms with van der Waals surface area (Å²) in [6.45, 7) is 4.99. The summed E-state index contributed by atoms with van der Waals surface area (Å²) in [5.41, 5.74) is -3.03. The molecule has 2 heterocycles. The molecule has 1 fully saturated rings. The highest BCUT2D eigenvalue weighted by atomic mass is 32.1.